The molecule has 6 nitrogen and oxygen atoms in total. The molecule has 0 aliphatic carbocycles. The predicted molar refractivity (Wildman–Crippen MR) is 78.2 cm³/mol. The van der Waals surface area contributed by atoms with Gasteiger partial charge in [-0.15, -0.1) is 12.4 Å². The van der Waals surface area contributed by atoms with Crippen molar-refractivity contribution < 1.29 is 14.1 Å². The molecule has 0 saturated heterocycles. The van der Waals surface area contributed by atoms with Crippen LogP contribution in [-0.4, -0.2) is 30.5 Å². The van der Waals surface area contributed by atoms with Crippen molar-refractivity contribution in [1.29, 1.82) is 0 Å². The maximum Gasteiger partial charge on any atom is 0.282 e. The zero-order valence-corrected chi connectivity index (χ0v) is 11.9. The van der Waals surface area contributed by atoms with Crippen molar-refractivity contribution in [2.45, 2.75) is 6.42 Å². The van der Waals surface area contributed by atoms with Crippen molar-refractivity contribution in [3.63, 3.8) is 0 Å². The fourth-order valence-electron chi connectivity index (χ4n) is 1.97. The number of benzene rings is 1. The second kappa shape index (κ2) is 7.70. The molecule has 1 heterocycles. The highest BCUT2D eigenvalue weighted by atomic mass is 35.5. The summed E-state index contributed by atoms with van der Waals surface area (Å²) < 4.78 is 13.1. The number of amides is 1. The van der Waals surface area contributed by atoms with Gasteiger partial charge >= 0.3 is 0 Å². The summed E-state index contributed by atoms with van der Waals surface area (Å²) in [4.78, 5) is 22.1. The number of halogens is 2. The number of nitrogens with one attached hydrogen (secondary N) is 2. The van der Waals surface area contributed by atoms with Gasteiger partial charge in [0.1, 0.15) is 11.4 Å². The van der Waals surface area contributed by atoms with Crippen molar-refractivity contribution in [1.82, 2.24) is 10.6 Å². The molecule has 0 bridgehead atoms. The van der Waals surface area contributed by atoms with Gasteiger partial charge in [-0.3, -0.25) is 14.9 Å². The van der Waals surface area contributed by atoms with Gasteiger partial charge in [-0.05, 0) is 25.1 Å². The van der Waals surface area contributed by atoms with Gasteiger partial charge in [0.25, 0.3) is 11.6 Å². The van der Waals surface area contributed by atoms with Gasteiger partial charge < -0.3 is 10.6 Å². The molecule has 0 aromatic heterocycles. The fourth-order valence-corrected chi connectivity index (χ4v) is 1.97. The Balaban J connectivity index is 0.00000220. The highest BCUT2D eigenvalue weighted by Crippen LogP contribution is 2.19. The quantitative estimate of drug-likeness (QED) is 0.504. The number of carbonyl (C=O) groups excluding carboxylic acids is 1. The van der Waals surface area contributed by atoms with Gasteiger partial charge in [0, 0.05) is 19.2 Å². The predicted octanol–water partition coefficient (Wildman–Crippen LogP) is 1.81. The van der Waals surface area contributed by atoms with E-state index in [-0.39, 0.29) is 18.0 Å². The summed E-state index contributed by atoms with van der Waals surface area (Å²) in [6, 6.07) is 2.84. The van der Waals surface area contributed by atoms with E-state index in [1.807, 2.05) is 6.08 Å². The third-order valence-electron chi connectivity index (χ3n) is 3.03. The Hall–Kier alpha value is -1.99. The van der Waals surface area contributed by atoms with E-state index in [2.05, 4.69) is 10.6 Å². The Kier molecular flexibility index (Phi) is 6.26. The standard InChI is InChI=1S/C13H14FN3O3.ClH/c14-10-1-2-12(17(19)20)11(7-10)13(18)16-8-9-3-5-15-6-4-9;/h1-3,7,15H,4-6,8H2,(H,16,18);1H. The van der Waals surface area contributed by atoms with Gasteiger partial charge in [0.2, 0.25) is 0 Å². The molecule has 21 heavy (non-hydrogen) atoms. The molecule has 0 saturated carbocycles. The van der Waals surface area contributed by atoms with Crippen molar-refractivity contribution in [2.24, 2.45) is 0 Å². The normalized spacial score (nSPS) is 13.9. The van der Waals surface area contributed by atoms with Crippen LogP contribution in [0.25, 0.3) is 0 Å². The Morgan fingerprint density at radius 1 is 1.48 bits per heavy atom. The number of hydrogen-bond donors (Lipinski definition) is 2. The van der Waals surface area contributed by atoms with E-state index >= 15 is 0 Å². The van der Waals surface area contributed by atoms with Crippen molar-refractivity contribution in [2.75, 3.05) is 19.6 Å². The lowest BCUT2D eigenvalue weighted by Gasteiger charge is -2.14. The lowest BCUT2D eigenvalue weighted by Crippen LogP contribution is -2.30. The van der Waals surface area contributed by atoms with Crippen LogP contribution in [0, 0.1) is 15.9 Å². The molecule has 0 spiro atoms. The van der Waals surface area contributed by atoms with Crippen molar-refractivity contribution >= 4 is 24.0 Å². The topological polar surface area (TPSA) is 84.3 Å². The van der Waals surface area contributed by atoms with Crippen LogP contribution in [0.4, 0.5) is 10.1 Å². The first-order valence-corrected chi connectivity index (χ1v) is 6.18. The molecule has 0 fully saturated rings. The summed E-state index contributed by atoms with van der Waals surface area (Å²) >= 11 is 0. The van der Waals surface area contributed by atoms with Crippen LogP contribution >= 0.6 is 12.4 Å². The summed E-state index contributed by atoms with van der Waals surface area (Å²) in [5.74, 6) is -1.32. The fraction of sp³-hybridized carbons (Fsp3) is 0.308. The summed E-state index contributed by atoms with van der Waals surface area (Å²) in [6.07, 6.45) is 2.77. The van der Waals surface area contributed by atoms with Crippen molar-refractivity contribution in [3.05, 3.63) is 51.3 Å². The number of rotatable bonds is 4. The molecule has 114 valence electrons. The van der Waals surface area contributed by atoms with Crippen LogP contribution in [0.2, 0.25) is 0 Å². The largest absolute Gasteiger partial charge is 0.348 e. The molecule has 1 aliphatic heterocycles. The monoisotopic (exact) mass is 315 g/mol. The van der Waals surface area contributed by atoms with Crippen LogP contribution < -0.4 is 10.6 Å². The van der Waals surface area contributed by atoms with Gasteiger partial charge in [-0.1, -0.05) is 11.6 Å². The molecule has 2 N–H and O–H groups in total. The van der Waals surface area contributed by atoms with Crippen LogP contribution in [0.15, 0.2) is 29.8 Å². The Bertz CT molecular complexity index is 578. The highest BCUT2D eigenvalue weighted by Gasteiger charge is 2.20. The zero-order chi connectivity index (χ0) is 14.5. The maximum atomic E-state index is 13.1. The molecular weight excluding hydrogens is 301 g/mol. The average Bonchev–Trinajstić information content (AvgIpc) is 2.45. The average molecular weight is 316 g/mol. The van der Waals surface area contributed by atoms with E-state index in [1.54, 1.807) is 0 Å². The summed E-state index contributed by atoms with van der Waals surface area (Å²) in [5.41, 5.74) is 0.392. The minimum atomic E-state index is -0.696. The molecule has 1 aliphatic rings. The SMILES string of the molecule is Cl.O=C(NCC1=CCNCC1)c1cc(F)ccc1[N+](=O)[O-]. The van der Waals surface area contributed by atoms with Crippen molar-refractivity contribution in [3.8, 4) is 0 Å². The second-order valence-corrected chi connectivity index (χ2v) is 4.42. The summed E-state index contributed by atoms with van der Waals surface area (Å²) in [7, 11) is 0. The number of nitro benzene ring substituents is 1. The van der Waals surface area contributed by atoms with E-state index in [1.165, 1.54) is 0 Å². The smallest absolute Gasteiger partial charge is 0.282 e. The lowest BCUT2D eigenvalue weighted by molar-refractivity contribution is -0.385. The van der Waals surface area contributed by atoms with Crippen LogP contribution in [0.1, 0.15) is 16.8 Å². The van der Waals surface area contributed by atoms with Gasteiger partial charge in [0.15, 0.2) is 0 Å². The molecular formula is C13H15ClFN3O3. The number of nitro groups is 1. The third kappa shape index (κ3) is 4.51. The first-order chi connectivity index (χ1) is 9.58. The highest BCUT2D eigenvalue weighted by molar-refractivity contribution is 5.98. The molecule has 1 amide bonds. The van der Waals surface area contributed by atoms with Gasteiger partial charge in [0.05, 0.1) is 4.92 Å². The van der Waals surface area contributed by atoms with Crippen LogP contribution in [0.5, 0.6) is 0 Å². The minimum absolute atomic E-state index is 0. The van der Waals surface area contributed by atoms with Crippen LogP contribution in [-0.2, 0) is 0 Å². The Morgan fingerprint density at radius 3 is 2.86 bits per heavy atom. The molecule has 2 rings (SSSR count). The van der Waals surface area contributed by atoms with E-state index in [0.29, 0.717) is 6.54 Å². The maximum absolute atomic E-state index is 13.1. The van der Waals surface area contributed by atoms with Gasteiger partial charge in [-0.2, -0.15) is 0 Å². The first-order valence-electron chi connectivity index (χ1n) is 6.18. The summed E-state index contributed by atoms with van der Waals surface area (Å²) in [6.45, 7) is 1.89. The Labute approximate surface area is 127 Å². The molecule has 0 atom stereocenters. The number of hydrogen-bond acceptors (Lipinski definition) is 4. The lowest BCUT2D eigenvalue weighted by atomic mass is 10.1. The molecule has 1 aromatic rings. The third-order valence-corrected chi connectivity index (χ3v) is 3.03. The van der Waals surface area contributed by atoms with Gasteiger partial charge in [-0.25, -0.2) is 4.39 Å². The molecule has 0 radical (unpaired) electrons. The number of carbonyl (C=O) groups is 1. The molecule has 8 heteroatoms. The van der Waals surface area contributed by atoms with E-state index in [9.17, 15) is 19.3 Å². The van der Waals surface area contributed by atoms with Crippen LogP contribution in [0.3, 0.4) is 0 Å². The van der Waals surface area contributed by atoms with E-state index in [0.717, 1.165) is 43.3 Å². The second-order valence-electron chi connectivity index (χ2n) is 4.42. The van der Waals surface area contributed by atoms with E-state index in [4.69, 9.17) is 0 Å². The first kappa shape index (κ1) is 17.1. The number of nitrogens with zero attached hydrogens (tertiary/aromatic N) is 1. The molecule has 0 unspecified atom stereocenters. The zero-order valence-electron chi connectivity index (χ0n) is 11.1. The molecule has 1 aromatic carbocycles. The van der Waals surface area contributed by atoms with E-state index < -0.39 is 22.3 Å². The summed E-state index contributed by atoms with van der Waals surface area (Å²) in [5, 5.41) is 16.5. The Morgan fingerprint density at radius 2 is 2.24 bits per heavy atom. The minimum Gasteiger partial charge on any atom is -0.348 e.